The predicted octanol–water partition coefficient (Wildman–Crippen LogP) is 4.07. The van der Waals surface area contributed by atoms with Crippen molar-refractivity contribution in [3.05, 3.63) is 40.2 Å². The van der Waals surface area contributed by atoms with E-state index in [2.05, 4.69) is 42.4 Å². The van der Waals surface area contributed by atoms with E-state index in [0.29, 0.717) is 0 Å². The van der Waals surface area contributed by atoms with Crippen LogP contribution in [0.25, 0.3) is 11.3 Å². The molecule has 0 bridgehead atoms. The molecule has 1 aromatic heterocycles. The molecule has 1 heterocycles. The van der Waals surface area contributed by atoms with Crippen molar-refractivity contribution in [3.63, 3.8) is 0 Å². The van der Waals surface area contributed by atoms with Gasteiger partial charge in [0.1, 0.15) is 0 Å². The van der Waals surface area contributed by atoms with Gasteiger partial charge in [-0.05, 0) is 30.5 Å². The van der Waals surface area contributed by atoms with E-state index in [1.54, 1.807) is 11.3 Å². The van der Waals surface area contributed by atoms with Crippen molar-refractivity contribution < 1.29 is 0 Å². The lowest BCUT2D eigenvalue weighted by Gasteiger charge is -2.06. The minimum Gasteiger partial charge on any atom is -0.245 e. The van der Waals surface area contributed by atoms with Crippen LogP contribution in [0.4, 0.5) is 0 Å². The third-order valence-electron chi connectivity index (χ3n) is 2.59. The fraction of sp³-hybridized carbons (Fsp3) is 0.308. The Kier molecular flexibility index (Phi) is 3.17. The molecule has 0 aliphatic rings. The van der Waals surface area contributed by atoms with Gasteiger partial charge in [0.25, 0.3) is 0 Å². The molecule has 2 aromatic rings. The van der Waals surface area contributed by atoms with Gasteiger partial charge in [-0.15, -0.1) is 11.3 Å². The summed E-state index contributed by atoms with van der Waals surface area (Å²) in [6, 6.07) is 6.64. The molecule has 0 aliphatic carbocycles. The van der Waals surface area contributed by atoms with Crippen LogP contribution < -0.4 is 0 Å². The van der Waals surface area contributed by atoms with E-state index >= 15 is 0 Å². The van der Waals surface area contributed by atoms with Crippen LogP contribution in [0.2, 0.25) is 0 Å². The molecule has 2 heteroatoms. The second-order valence-electron chi connectivity index (χ2n) is 3.76. The summed E-state index contributed by atoms with van der Waals surface area (Å²) in [5.41, 5.74) is 7.03. The Balaban J connectivity index is 2.33. The molecule has 0 fully saturated rings. The largest absolute Gasteiger partial charge is 0.245 e. The maximum Gasteiger partial charge on any atom is 0.0811 e. The molecule has 0 N–H and O–H groups in total. The molecule has 2 rings (SSSR count). The lowest BCUT2D eigenvalue weighted by Crippen LogP contribution is -1.89. The molecule has 78 valence electrons. The number of rotatable bonds is 3. The van der Waals surface area contributed by atoms with Gasteiger partial charge in [0.15, 0.2) is 0 Å². The Morgan fingerprint density at radius 2 is 2.20 bits per heavy atom. The summed E-state index contributed by atoms with van der Waals surface area (Å²) in [4.78, 5) is 4.32. The van der Waals surface area contributed by atoms with Gasteiger partial charge in [-0.25, -0.2) is 4.98 Å². The number of thiazole rings is 1. The summed E-state index contributed by atoms with van der Waals surface area (Å²) in [5.74, 6) is 0. The molecule has 0 amide bonds. The van der Waals surface area contributed by atoms with Crippen molar-refractivity contribution in [2.24, 2.45) is 0 Å². The minimum atomic E-state index is 1.09. The van der Waals surface area contributed by atoms with E-state index in [9.17, 15) is 0 Å². The van der Waals surface area contributed by atoms with Crippen molar-refractivity contribution >= 4 is 11.3 Å². The first kappa shape index (κ1) is 10.4. The van der Waals surface area contributed by atoms with Gasteiger partial charge in [-0.2, -0.15) is 0 Å². The topological polar surface area (TPSA) is 12.9 Å². The van der Waals surface area contributed by atoms with Crippen molar-refractivity contribution in [1.82, 2.24) is 4.98 Å². The Morgan fingerprint density at radius 1 is 1.33 bits per heavy atom. The van der Waals surface area contributed by atoms with Gasteiger partial charge in [-0.3, -0.25) is 0 Å². The highest BCUT2D eigenvalue weighted by molar-refractivity contribution is 7.07. The van der Waals surface area contributed by atoms with Crippen molar-refractivity contribution in [1.29, 1.82) is 0 Å². The minimum absolute atomic E-state index is 1.09. The maximum absolute atomic E-state index is 4.32. The van der Waals surface area contributed by atoms with Crippen LogP contribution in [0.3, 0.4) is 0 Å². The van der Waals surface area contributed by atoms with E-state index in [1.165, 1.54) is 29.5 Å². The fourth-order valence-electron chi connectivity index (χ4n) is 1.76. The molecule has 0 spiro atoms. The third kappa shape index (κ3) is 2.26. The van der Waals surface area contributed by atoms with Crippen LogP contribution >= 0.6 is 11.3 Å². The van der Waals surface area contributed by atoms with Crippen LogP contribution in [0.1, 0.15) is 24.5 Å². The smallest absolute Gasteiger partial charge is 0.0811 e. The molecule has 0 atom stereocenters. The van der Waals surface area contributed by atoms with E-state index in [-0.39, 0.29) is 0 Å². The van der Waals surface area contributed by atoms with Gasteiger partial charge in [-0.1, -0.05) is 25.5 Å². The molecule has 0 radical (unpaired) electrons. The molecule has 0 aliphatic heterocycles. The van der Waals surface area contributed by atoms with Crippen molar-refractivity contribution in [2.45, 2.75) is 26.7 Å². The van der Waals surface area contributed by atoms with Crippen LogP contribution in [0.15, 0.2) is 29.1 Å². The quantitative estimate of drug-likeness (QED) is 0.755. The van der Waals surface area contributed by atoms with Crippen LogP contribution in [-0.4, -0.2) is 4.98 Å². The van der Waals surface area contributed by atoms with E-state index < -0.39 is 0 Å². The lowest BCUT2D eigenvalue weighted by molar-refractivity contribution is 0.913. The maximum atomic E-state index is 4.32. The molecule has 0 unspecified atom stereocenters. The molecule has 15 heavy (non-hydrogen) atoms. The van der Waals surface area contributed by atoms with E-state index in [1.807, 2.05) is 5.51 Å². The Morgan fingerprint density at radius 3 is 2.80 bits per heavy atom. The summed E-state index contributed by atoms with van der Waals surface area (Å²) >= 11 is 1.64. The number of nitrogens with zero attached hydrogens (tertiary/aromatic N) is 1. The summed E-state index contributed by atoms with van der Waals surface area (Å²) in [7, 11) is 0. The van der Waals surface area contributed by atoms with Crippen LogP contribution in [0.5, 0.6) is 0 Å². The summed E-state index contributed by atoms with van der Waals surface area (Å²) in [6.45, 7) is 4.40. The molecule has 0 saturated carbocycles. The zero-order chi connectivity index (χ0) is 10.7. The van der Waals surface area contributed by atoms with E-state index in [4.69, 9.17) is 0 Å². The summed E-state index contributed by atoms with van der Waals surface area (Å²) < 4.78 is 0. The highest BCUT2D eigenvalue weighted by atomic mass is 32.1. The van der Waals surface area contributed by atoms with Crippen molar-refractivity contribution in [2.75, 3.05) is 0 Å². The predicted molar refractivity (Wildman–Crippen MR) is 66.3 cm³/mol. The first-order valence-electron chi connectivity index (χ1n) is 5.29. The van der Waals surface area contributed by atoms with Crippen molar-refractivity contribution in [3.8, 4) is 11.3 Å². The first-order valence-corrected chi connectivity index (χ1v) is 6.23. The lowest BCUT2D eigenvalue weighted by atomic mass is 10.0. The number of hydrogen-bond acceptors (Lipinski definition) is 2. The molecular weight excluding hydrogens is 202 g/mol. The number of benzene rings is 1. The molecule has 1 nitrogen and oxygen atoms in total. The zero-order valence-corrected chi connectivity index (χ0v) is 9.97. The SMILES string of the molecule is CCCc1ccc(-c2cscn2)cc1C. The van der Waals surface area contributed by atoms with E-state index in [0.717, 1.165) is 5.69 Å². The second kappa shape index (κ2) is 4.58. The Bertz CT molecular complexity index is 432. The summed E-state index contributed by atoms with van der Waals surface area (Å²) in [6.07, 6.45) is 2.38. The average Bonchev–Trinajstić information content (AvgIpc) is 2.74. The zero-order valence-electron chi connectivity index (χ0n) is 9.16. The highest BCUT2D eigenvalue weighted by Gasteiger charge is 2.02. The van der Waals surface area contributed by atoms with Gasteiger partial charge in [0.05, 0.1) is 11.2 Å². The normalized spacial score (nSPS) is 10.5. The van der Waals surface area contributed by atoms with Crippen LogP contribution in [-0.2, 0) is 6.42 Å². The highest BCUT2D eigenvalue weighted by Crippen LogP contribution is 2.22. The van der Waals surface area contributed by atoms with Gasteiger partial charge >= 0.3 is 0 Å². The monoisotopic (exact) mass is 217 g/mol. The second-order valence-corrected chi connectivity index (χ2v) is 4.48. The summed E-state index contributed by atoms with van der Waals surface area (Å²) in [5, 5.41) is 2.09. The molecule has 0 saturated heterocycles. The Hall–Kier alpha value is -1.15. The standard InChI is InChI=1S/C13H15NS/c1-3-4-11-5-6-12(7-10(11)2)13-8-15-9-14-13/h5-9H,3-4H2,1-2H3. The fourth-order valence-corrected chi connectivity index (χ4v) is 2.32. The Labute approximate surface area is 94.8 Å². The molecule has 1 aromatic carbocycles. The number of hydrogen-bond donors (Lipinski definition) is 0. The van der Waals surface area contributed by atoms with Crippen LogP contribution in [0, 0.1) is 6.92 Å². The van der Waals surface area contributed by atoms with Gasteiger partial charge in [0.2, 0.25) is 0 Å². The average molecular weight is 217 g/mol. The first-order chi connectivity index (χ1) is 7.31. The van der Waals surface area contributed by atoms with Gasteiger partial charge in [0, 0.05) is 10.9 Å². The number of aromatic nitrogens is 1. The van der Waals surface area contributed by atoms with Gasteiger partial charge < -0.3 is 0 Å². The molecular formula is C13H15NS. The third-order valence-corrected chi connectivity index (χ3v) is 3.18. The number of aryl methyl sites for hydroxylation is 2.